The van der Waals surface area contributed by atoms with Crippen LogP contribution >= 0.6 is 0 Å². The summed E-state index contributed by atoms with van der Waals surface area (Å²) < 4.78 is 36.1. The molecular weight excluding hydrogens is 508 g/mol. The predicted octanol–water partition coefficient (Wildman–Crippen LogP) is 1.97. The van der Waals surface area contributed by atoms with E-state index < -0.39 is 16.1 Å². The number of hydrogen-bond donors (Lipinski definition) is 2. The standard InChI is InChI=1S/C26H34N6O5S/c1-18-12-32(19(2)16-33)26(34)22-11-21(29-38(35,36)25-15-31(4)17-28-25)5-6-23(22)37-24(18)14-30(3)13-20-7-9-27-10-8-20/h5-11,15,17-19,24,29,33H,12-14,16H2,1-4H3/t18-,19-,24-/m1/s1. The van der Waals surface area contributed by atoms with Gasteiger partial charge in [-0.05, 0) is 49.9 Å². The molecule has 1 aliphatic rings. The van der Waals surface area contributed by atoms with Crippen molar-refractivity contribution >= 4 is 21.6 Å². The number of carbonyl (C=O) groups is 1. The molecule has 0 unspecified atom stereocenters. The summed E-state index contributed by atoms with van der Waals surface area (Å²) in [5.74, 6) is -0.0148. The molecule has 204 valence electrons. The second-order valence-electron chi connectivity index (χ2n) is 9.87. The summed E-state index contributed by atoms with van der Waals surface area (Å²) in [6, 6.07) is 8.15. The molecule has 4 rings (SSSR count). The Labute approximate surface area is 223 Å². The Hall–Kier alpha value is -3.48. The molecule has 0 aliphatic carbocycles. The lowest BCUT2D eigenvalue weighted by molar-refractivity contribution is 0.0341. The number of carbonyl (C=O) groups excluding carboxylic acids is 1. The Bertz CT molecular complexity index is 1360. The number of imidazole rings is 1. The van der Waals surface area contributed by atoms with Gasteiger partial charge in [0.15, 0.2) is 5.03 Å². The third-order valence-corrected chi connectivity index (χ3v) is 7.83. The summed E-state index contributed by atoms with van der Waals surface area (Å²) in [5.41, 5.74) is 1.56. The van der Waals surface area contributed by atoms with Crippen molar-refractivity contribution in [1.29, 1.82) is 0 Å². The van der Waals surface area contributed by atoms with Crippen LogP contribution in [0.5, 0.6) is 5.75 Å². The quantitative estimate of drug-likeness (QED) is 0.420. The van der Waals surface area contributed by atoms with Crippen LogP contribution in [0.25, 0.3) is 0 Å². The number of aryl methyl sites for hydroxylation is 1. The molecule has 1 aromatic carbocycles. The number of fused-ring (bicyclic) bond motifs is 1. The van der Waals surface area contributed by atoms with Gasteiger partial charge in [-0.1, -0.05) is 6.92 Å². The topological polar surface area (TPSA) is 130 Å². The molecule has 2 aromatic heterocycles. The summed E-state index contributed by atoms with van der Waals surface area (Å²) >= 11 is 0. The summed E-state index contributed by atoms with van der Waals surface area (Å²) in [5, 5.41) is 9.74. The molecule has 0 saturated carbocycles. The highest BCUT2D eigenvalue weighted by atomic mass is 32.2. The van der Waals surface area contributed by atoms with E-state index in [2.05, 4.69) is 19.6 Å². The van der Waals surface area contributed by atoms with Gasteiger partial charge in [0, 0.05) is 56.9 Å². The minimum Gasteiger partial charge on any atom is -0.488 e. The fraction of sp³-hybridized carbons (Fsp3) is 0.423. The molecule has 38 heavy (non-hydrogen) atoms. The van der Waals surface area contributed by atoms with Crippen LogP contribution in [-0.4, -0.2) is 82.7 Å². The molecular formula is C26H34N6O5S. The molecule has 3 heterocycles. The number of aliphatic hydroxyl groups is 1. The van der Waals surface area contributed by atoms with Crippen LogP contribution in [0.15, 0.2) is 60.3 Å². The third-order valence-electron chi connectivity index (χ3n) is 6.57. The number of nitrogens with zero attached hydrogens (tertiary/aromatic N) is 5. The Morgan fingerprint density at radius 3 is 2.66 bits per heavy atom. The summed E-state index contributed by atoms with van der Waals surface area (Å²) in [7, 11) is -0.270. The second kappa shape index (κ2) is 11.5. The number of amides is 1. The molecule has 3 aromatic rings. The van der Waals surface area contributed by atoms with E-state index in [1.807, 2.05) is 26.1 Å². The largest absolute Gasteiger partial charge is 0.488 e. The van der Waals surface area contributed by atoms with Crippen LogP contribution in [0.3, 0.4) is 0 Å². The molecule has 2 N–H and O–H groups in total. The number of anilines is 1. The van der Waals surface area contributed by atoms with Gasteiger partial charge in [0.2, 0.25) is 0 Å². The first-order valence-electron chi connectivity index (χ1n) is 12.4. The van der Waals surface area contributed by atoms with Crippen molar-refractivity contribution in [3.63, 3.8) is 0 Å². The maximum absolute atomic E-state index is 13.6. The summed E-state index contributed by atoms with van der Waals surface area (Å²) in [6.07, 6.45) is 6.04. The van der Waals surface area contributed by atoms with E-state index in [1.54, 1.807) is 43.4 Å². The number of ether oxygens (including phenoxy) is 1. The van der Waals surface area contributed by atoms with Gasteiger partial charge >= 0.3 is 0 Å². The number of benzene rings is 1. The first kappa shape index (κ1) is 27.6. The van der Waals surface area contributed by atoms with E-state index in [0.29, 0.717) is 25.4 Å². The fourth-order valence-electron chi connectivity index (χ4n) is 4.41. The smallest absolute Gasteiger partial charge is 0.280 e. The van der Waals surface area contributed by atoms with Gasteiger partial charge < -0.3 is 19.3 Å². The Morgan fingerprint density at radius 2 is 2.00 bits per heavy atom. The van der Waals surface area contributed by atoms with Gasteiger partial charge in [0.1, 0.15) is 11.9 Å². The Balaban J connectivity index is 1.63. The van der Waals surface area contributed by atoms with Crippen molar-refractivity contribution in [3.05, 3.63) is 66.4 Å². The number of likely N-dealkylation sites (N-methyl/N-ethyl adjacent to an activating group) is 1. The van der Waals surface area contributed by atoms with Gasteiger partial charge in [-0.15, -0.1) is 0 Å². The molecule has 0 fully saturated rings. The summed E-state index contributed by atoms with van der Waals surface area (Å²) in [6.45, 7) is 5.27. The lowest BCUT2D eigenvalue weighted by atomic mass is 9.99. The number of sulfonamides is 1. The van der Waals surface area contributed by atoms with E-state index in [0.717, 1.165) is 5.56 Å². The van der Waals surface area contributed by atoms with E-state index >= 15 is 0 Å². The highest BCUT2D eigenvalue weighted by Gasteiger charge is 2.34. The fourth-order valence-corrected chi connectivity index (χ4v) is 5.44. The highest BCUT2D eigenvalue weighted by molar-refractivity contribution is 7.92. The molecule has 0 bridgehead atoms. The van der Waals surface area contributed by atoms with E-state index in [9.17, 15) is 18.3 Å². The molecule has 0 spiro atoms. The van der Waals surface area contributed by atoms with E-state index in [4.69, 9.17) is 4.74 Å². The zero-order chi connectivity index (χ0) is 27.4. The number of hydrogen-bond acceptors (Lipinski definition) is 8. The molecule has 3 atom stereocenters. The maximum Gasteiger partial charge on any atom is 0.280 e. The van der Waals surface area contributed by atoms with Gasteiger partial charge in [0.05, 0.1) is 24.5 Å². The lowest BCUT2D eigenvalue weighted by Gasteiger charge is -2.38. The lowest BCUT2D eigenvalue weighted by Crippen LogP contribution is -2.49. The van der Waals surface area contributed by atoms with Gasteiger partial charge in [0.25, 0.3) is 15.9 Å². The number of rotatable bonds is 9. The normalized spacial score (nSPS) is 18.9. The zero-order valence-corrected chi connectivity index (χ0v) is 22.8. The minimum absolute atomic E-state index is 0.0386. The third kappa shape index (κ3) is 6.32. The molecule has 1 aliphatic heterocycles. The number of aromatic nitrogens is 3. The molecule has 0 radical (unpaired) electrons. The van der Waals surface area contributed by atoms with Crippen molar-refractivity contribution in [2.24, 2.45) is 13.0 Å². The predicted molar refractivity (Wildman–Crippen MR) is 142 cm³/mol. The van der Waals surface area contributed by atoms with Crippen LogP contribution in [0, 0.1) is 5.92 Å². The average molecular weight is 543 g/mol. The van der Waals surface area contributed by atoms with Crippen molar-refractivity contribution < 1.29 is 23.1 Å². The van der Waals surface area contributed by atoms with Gasteiger partial charge in [-0.25, -0.2) is 4.98 Å². The van der Waals surface area contributed by atoms with Crippen LogP contribution in [-0.2, 0) is 23.6 Å². The average Bonchev–Trinajstić information content (AvgIpc) is 3.34. The zero-order valence-electron chi connectivity index (χ0n) is 22.0. The number of pyridine rings is 1. The maximum atomic E-state index is 13.6. The van der Waals surface area contributed by atoms with Gasteiger partial charge in [-0.3, -0.25) is 19.4 Å². The molecule has 11 nitrogen and oxygen atoms in total. The molecule has 0 saturated heterocycles. The van der Waals surface area contributed by atoms with Crippen LogP contribution in [0.2, 0.25) is 0 Å². The molecule has 1 amide bonds. The Morgan fingerprint density at radius 1 is 1.26 bits per heavy atom. The van der Waals surface area contributed by atoms with Crippen molar-refractivity contribution in [1.82, 2.24) is 24.3 Å². The van der Waals surface area contributed by atoms with Gasteiger partial charge in [-0.2, -0.15) is 8.42 Å². The number of nitrogens with one attached hydrogen (secondary N) is 1. The number of aliphatic hydroxyl groups excluding tert-OH is 1. The van der Waals surface area contributed by atoms with Crippen LogP contribution < -0.4 is 9.46 Å². The summed E-state index contributed by atoms with van der Waals surface area (Å²) in [4.78, 5) is 25.4. The van der Waals surface area contributed by atoms with E-state index in [-0.39, 0.29) is 40.8 Å². The van der Waals surface area contributed by atoms with E-state index in [1.165, 1.54) is 23.2 Å². The first-order chi connectivity index (χ1) is 18.1. The highest BCUT2D eigenvalue weighted by Crippen LogP contribution is 2.31. The van der Waals surface area contributed by atoms with Crippen LogP contribution in [0.1, 0.15) is 29.8 Å². The first-order valence-corrected chi connectivity index (χ1v) is 13.9. The monoisotopic (exact) mass is 542 g/mol. The molecule has 12 heteroatoms. The minimum atomic E-state index is -3.95. The van der Waals surface area contributed by atoms with Crippen molar-refractivity contribution in [3.8, 4) is 5.75 Å². The van der Waals surface area contributed by atoms with Crippen molar-refractivity contribution in [2.45, 2.75) is 37.6 Å². The second-order valence-corrected chi connectivity index (χ2v) is 11.5. The van der Waals surface area contributed by atoms with Crippen LogP contribution in [0.4, 0.5) is 5.69 Å². The Kier molecular flexibility index (Phi) is 8.34. The van der Waals surface area contributed by atoms with Crippen molar-refractivity contribution in [2.75, 3.05) is 31.5 Å². The SMILES string of the molecule is C[C@@H]1CN([C@H](C)CO)C(=O)c2cc(NS(=O)(=O)c3cn(C)cn3)ccc2O[C@@H]1CN(C)Cc1ccncc1.